The summed E-state index contributed by atoms with van der Waals surface area (Å²) in [6, 6.07) is 32.0. The van der Waals surface area contributed by atoms with Crippen LogP contribution in [0.25, 0.3) is 0 Å². The van der Waals surface area contributed by atoms with Crippen molar-refractivity contribution in [1.82, 2.24) is 0 Å². The highest BCUT2D eigenvalue weighted by Gasteiger charge is 2.20. The summed E-state index contributed by atoms with van der Waals surface area (Å²) in [5.74, 6) is 0. The lowest BCUT2D eigenvalue weighted by molar-refractivity contribution is 1.71. The molecule has 0 atom stereocenters. The molecule has 0 saturated carbocycles. The third-order valence-electron chi connectivity index (χ3n) is 3.40. The van der Waals surface area contributed by atoms with Crippen LogP contribution in [0.1, 0.15) is 0 Å². The summed E-state index contributed by atoms with van der Waals surface area (Å²) in [5, 5.41) is 0. The zero-order chi connectivity index (χ0) is 12.9. The van der Waals surface area contributed by atoms with Gasteiger partial charge in [-0.25, -0.2) is 0 Å². The van der Waals surface area contributed by atoms with Crippen molar-refractivity contribution in [1.29, 1.82) is 0 Å². The SMILES string of the molecule is c1ccc(B(c2ccccc2)c2ccccc2)cc1. The highest BCUT2D eigenvalue weighted by Crippen LogP contribution is 1.95. The smallest absolute Gasteiger partial charge is 0.0687 e. The average Bonchev–Trinajstić information content (AvgIpc) is 2.51. The topological polar surface area (TPSA) is 0 Å². The van der Waals surface area contributed by atoms with Crippen LogP contribution in [0, 0.1) is 0 Å². The Labute approximate surface area is 114 Å². The third-order valence-corrected chi connectivity index (χ3v) is 3.40. The molecule has 0 unspecified atom stereocenters. The summed E-state index contributed by atoms with van der Waals surface area (Å²) in [6.07, 6.45) is 0. The fourth-order valence-electron chi connectivity index (χ4n) is 2.51. The third kappa shape index (κ3) is 2.60. The van der Waals surface area contributed by atoms with E-state index in [9.17, 15) is 0 Å². The van der Waals surface area contributed by atoms with Crippen LogP contribution in [0.2, 0.25) is 0 Å². The number of hydrogen-bond acceptors (Lipinski definition) is 0. The van der Waals surface area contributed by atoms with Crippen LogP contribution < -0.4 is 16.4 Å². The predicted molar refractivity (Wildman–Crippen MR) is 84.0 cm³/mol. The molecule has 0 spiro atoms. The van der Waals surface area contributed by atoms with Crippen LogP contribution >= 0.6 is 0 Å². The molecule has 1 heteroatoms. The fraction of sp³-hybridized carbons (Fsp3) is 0. The highest BCUT2D eigenvalue weighted by atomic mass is 13.9. The Hall–Kier alpha value is -2.28. The van der Waals surface area contributed by atoms with Crippen molar-refractivity contribution < 1.29 is 0 Å². The van der Waals surface area contributed by atoms with Gasteiger partial charge in [0.2, 0.25) is 6.71 Å². The van der Waals surface area contributed by atoms with Crippen molar-refractivity contribution in [3.63, 3.8) is 0 Å². The molecular weight excluding hydrogens is 227 g/mol. The quantitative estimate of drug-likeness (QED) is 0.618. The van der Waals surface area contributed by atoms with Gasteiger partial charge < -0.3 is 0 Å². The first-order valence-electron chi connectivity index (χ1n) is 6.60. The Kier molecular flexibility index (Phi) is 3.46. The van der Waals surface area contributed by atoms with E-state index in [-0.39, 0.29) is 0 Å². The molecule has 0 aliphatic heterocycles. The van der Waals surface area contributed by atoms with Crippen molar-refractivity contribution in [2.45, 2.75) is 0 Å². The highest BCUT2D eigenvalue weighted by molar-refractivity contribution is 6.95. The molecule has 0 bridgehead atoms. The number of rotatable bonds is 3. The van der Waals surface area contributed by atoms with Crippen LogP contribution in [0.4, 0.5) is 0 Å². The van der Waals surface area contributed by atoms with Gasteiger partial charge in [0.25, 0.3) is 0 Å². The van der Waals surface area contributed by atoms with Gasteiger partial charge in [0.1, 0.15) is 0 Å². The molecule has 90 valence electrons. The van der Waals surface area contributed by atoms with Gasteiger partial charge in [-0.3, -0.25) is 0 Å². The summed E-state index contributed by atoms with van der Waals surface area (Å²) in [7, 11) is 0. The summed E-state index contributed by atoms with van der Waals surface area (Å²) in [5.41, 5.74) is 4.00. The summed E-state index contributed by atoms with van der Waals surface area (Å²) in [4.78, 5) is 0. The molecule has 19 heavy (non-hydrogen) atoms. The second kappa shape index (κ2) is 5.58. The average molecular weight is 242 g/mol. The standard InChI is InChI=1S/C18H15B/c1-4-10-16(11-5-1)19(17-12-6-2-7-13-17)18-14-8-3-9-15-18/h1-15H. The first kappa shape index (κ1) is 11.8. The van der Waals surface area contributed by atoms with E-state index < -0.39 is 0 Å². The molecule has 3 aromatic carbocycles. The second-order valence-corrected chi connectivity index (χ2v) is 4.67. The Morgan fingerprint density at radius 2 is 0.632 bits per heavy atom. The Balaban J connectivity index is 2.12. The van der Waals surface area contributed by atoms with Crippen molar-refractivity contribution in [2.24, 2.45) is 0 Å². The maximum absolute atomic E-state index is 2.20. The largest absolute Gasteiger partial charge is 0.241 e. The zero-order valence-electron chi connectivity index (χ0n) is 10.7. The minimum Gasteiger partial charge on any atom is -0.0687 e. The molecule has 0 radical (unpaired) electrons. The number of hydrogen-bond donors (Lipinski definition) is 0. The Bertz CT molecular complexity index is 524. The Morgan fingerprint density at radius 1 is 0.368 bits per heavy atom. The lowest BCUT2D eigenvalue weighted by atomic mass is 9.37. The van der Waals surface area contributed by atoms with E-state index in [1.165, 1.54) is 16.4 Å². The van der Waals surface area contributed by atoms with Gasteiger partial charge in [0.05, 0.1) is 0 Å². The van der Waals surface area contributed by atoms with Crippen LogP contribution in [-0.4, -0.2) is 6.71 Å². The minimum absolute atomic E-state index is 0.309. The van der Waals surface area contributed by atoms with Crippen LogP contribution in [0.15, 0.2) is 91.0 Å². The van der Waals surface area contributed by atoms with Crippen molar-refractivity contribution in [2.75, 3.05) is 0 Å². The minimum atomic E-state index is 0.309. The van der Waals surface area contributed by atoms with Gasteiger partial charge in [0.15, 0.2) is 0 Å². The monoisotopic (exact) mass is 242 g/mol. The lowest BCUT2D eigenvalue weighted by Crippen LogP contribution is -2.51. The number of benzene rings is 3. The van der Waals surface area contributed by atoms with Gasteiger partial charge >= 0.3 is 0 Å². The van der Waals surface area contributed by atoms with Gasteiger partial charge in [-0.05, 0) is 0 Å². The predicted octanol–water partition coefficient (Wildman–Crippen LogP) is 2.20. The molecule has 0 fully saturated rings. The molecule has 0 N–H and O–H groups in total. The molecule has 0 aliphatic carbocycles. The molecule has 0 aromatic heterocycles. The molecule has 0 nitrogen and oxygen atoms in total. The van der Waals surface area contributed by atoms with Gasteiger partial charge in [0, 0.05) is 0 Å². The van der Waals surface area contributed by atoms with Gasteiger partial charge in [-0.2, -0.15) is 0 Å². The molecule has 0 amide bonds. The van der Waals surface area contributed by atoms with Crippen molar-refractivity contribution >= 4 is 23.1 Å². The molecule has 0 saturated heterocycles. The van der Waals surface area contributed by atoms with E-state index in [0.717, 1.165) is 0 Å². The normalized spacial score (nSPS) is 10.1. The van der Waals surface area contributed by atoms with Gasteiger partial charge in [-0.15, -0.1) is 0 Å². The van der Waals surface area contributed by atoms with Crippen molar-refractivity contribution in [3.8, 4) is 0 Å². The van der Waals surface area contributed by atoms with Crippen LogP contribution in [-0.2, 0) is 0 Å². The molecular formula is C18H15B. The first-order chi connectivity index (χ1) is 9.45. The van der Waals surface area contributed by atoms with E-state index in [0.29, 0.717) is 6.71 Å². The van der Waals surface area contributed by atoms with E-state index >= 15 is 0 Å². The molecule has 3 aromatic rings. The maximum Gasteiger partial charge on any atom is 0.241 e. The fourth-order valence-corrected chi connectivity index (χ4v) is 2.51. The maximum atomic E-state index is 2.20. The summed E-state index contributed by atoms with van der Waals surface area (Å²) in [6.45, 7) is 0.309. The second-order valence-electron chi connectivity index (χ2n) is 4.67. The first-order valence-corrected chi connectivity index (χ1v) is 6.60. The summed E-state index contributed by atoms with van der Waals surface area (Å²) >= 11 is 0. The van der Waals surface area contributed by atoms with E-state index in [4.69, 9.17) is 0 Å². The molecule has 0 aliphatic rings. The molecule has 0 heterocycles. The van der Waals surface area contributed by atoms with E-state index in [1.54, 1.807) is 0 Å². The van der Waals surface area contributed by atoms with Crippen molar-refractivity contribution in [3.05, 3.63) is 91.0 Å². The van der Waals surface area contributed by atoms with Crippen LogP contribution in [0.3, 0.4) is 0 Å². The Morgan fingerprint density at radius 3 is 0.895 bits per heavy atom. The van der Waals surface area contributed by atoms with E-state index in [1.807, 2.05) is 0 Å². The lowest BCUT2D eigenvalue weighted by Gasteiger charge is -2.15. The molecule has 3 rings (SSSR count). The van der Waals surface area contributed by atoms with Crippen LogP contribution in [0.5, 0.6) is 0 Å². The van der Waals surface area contributed by atoms with Gasteiger partial charge in [-0.1, -0.05) is 107 Å². The summed E-state index contributed by atoms with van der Waals surface area (Å²) < 4.78 is 0. The zero-order valence-corrected chi connectivity index (χ0v) is 10.7. The van der Waals surface area contributed by atoms with E-state index in [2.05, 4.69) is 91.0 Å².